The molecule has 2 bridgehead atoms. The van der Waals surface area contributed by atoms with Gasteiger partial charge in [0.15, 0.2) is 0 Å². The Kier molecular flexibility index (Phi) is 5.90. The van der Waals surface area contributed by atoms with E-state index < -0.39 is 5.92 Å². The molecule has 3 rings (SSSR count). The van der Waals surface area contributed by atoms with Crippen molar-refractivity contribution in [2.75, 3.05) is 13.2 Å². The van der Waals surface area contributed by atoms with E-state index in [2.05, 4.69) is 11.8 Å². The second-order valence-corrected chi connectivity index (χ2v) is 7.15. The summed E-state index contributed by atoms with van der Waals surface area (Å²) in [6.07, 6.45) is 6.78. The van der Waals surface area contributed by atoms with Crippen LogP contribution in [0, 0.1) is 0 Å². The Balaban J connectivity index is 1.63. The number of aliphatic hydroxyl groups excluding tert-OH is 1. The molecular weight excluding hydrogens is 302 g/mol. The third-order valence-electron chi connectivity index (χ3n) is 5.52. The Morgan fingerprint density at radius 3 is 2.50 bits per heavy atom. The monoisotopic (exact) mass is 331 g/mol. The number of hydrogen-bond acceptors (Lipinski definition) is 4. The average molecular weight is 331 g/mol. The number of piperidine rings is 2. The van der Waals surface area contributed by atoms with Gasteiger partial charge in [0.25, 0.3) is 0 Å². The highest BCUT2D eigenvalue weighted by Crippen LogP contribution is 2.35. The number of hydrogen-bond donors (Lipinski definition) is 1. The minimum Gasteiger partial charge on any atom is -0.462 e. The number of benzene rings is 1. The van der Waals surface area contributed by atoms with Crippen molar-refractivity contribution in [3.8, 4) is 0 Å². The number of nitrogens with zero attached hydrogens (tertiary/aromatic N) is 1. The van der Waals surface area contributed by atoms with Crippen LogP contribution in [0.2, 0.25) is 0 Å². The molecule has 4 nitrogen and oxygen atoms in total. The topological polar surface area (TPSA) is 49.8 Å². The normalized spacial score (nSPS) is 28.3. The molecule has 1 N–H and O–H groups in total. The number of esters is 1. The van der Waals surface area contributed by atoms with E-state index in [0.717, 1.165) is 24.9 Å². The van der Waals surface area contributed by atoms with Crippen molar-refractivity contribution < 1.29 is 14.6 Å². The summed E-state index contributed by atoms with van der Waals surface area (Å²) in [6.45, 7) is 3.18. The Morgan fingerprint density at radius 1 is 1.25 bits per heavy atom. The number of ether oxygens (including phenoxy) is 1. The fourth-order valence-corrected chi connectivity index (χ4v) is 4.40. The molecule has 3 atom stereocenters. The van der Waals surface area contributed by atoms with Crippen molar-refractivity contribution in [2.45, 2.75) is 69.6 Å². The summed E-state index contributed by atoms with van der Waals surface area (Å²) in [4.78, 5) is 15.2. The minimum atomic E-state index is -0.570. The molecule has 24 heavy (non-hydrogen) atoms. The maximum atomic E-state index is 12.6. The first-order valence-corrected chi connectivity index (χ1v) is 9.35. The van der Waals surface area contributed by atoms with Gasteiger partial charge in [-0.15, -0.1) is 0 Å². The van der Waals surface area contributed by atoms with Gasteiger partial charge in [-0.3, -0.25) is 9.69 Å². The lowest BCUT2D eigenvalue weighted by Crippen LogP contribution is -2.54. The molecule has 1 aromatic carbocycles. The number of carbonyl (C=O) groups excluding carboxylic acids is 1. The Hall–Kier alpha value is -1.39. The molecule has 2 saturated heterocycles. The molecule has 2 aliphatic rings. The van der Waals surface area contributed by atoms with Crippen LogP contribution in [0.15, 0.2) is 30.3 Å². The second-order valence-electron chi connectivity index (χ2n) is 7.15. The van der Waals surface area contributed by atoms with Crippen molar-refractivity contribution in [2.24, 2.45) is 0 Å². The highest BCUT2D eigenvalue weighted by Gasteiger charge is 2.39. The molecule has 1 unspecified atom stereocenters. The van der Waals surface area contributed by atoms with E-state index in [0.29, 0.717) is 12.1 Å². The van der Waals surface area contributed by atoms with Crippen LogP contribution in [0.4, 0.5) is 0 Å². The summed E-state index contributed by atoms with van der Waals surface area (Å²) in [7, 11) is 0. The van der Waals surface area contributed by atoms with Gasteiger partial charge in [-0.2, -0.15) is 0 Å². The SMILES string of the molecule is CCCN1[C@@H]2CCC[C@@H]1CC(OC(=O)C(CO)c1ccccc1)C2. The van der Waals surface area contributed by atoms with Gasteiger partial charge < -0.3 is 9.84 Å². The summed E-state index contributed by atoms with van der Waals surface area (Å²) in [5.41, 5.74) is 0.827. The first-order chi connectivity index (χ1) is 11.7. The number of rotatable bonds is 6. The maximum Gasteiger partial charge on any atom is 0.316 e. The molecular formula is C20H29NO3. The Labute approximate surface area is 144 Å². The van der Waals surface area contributed by atoms with Crippen molar-refractivity contribution in [1.29, 1.82) is 0 Å². The molecule has 2 heterocycles. The Bertz CT molecular complexity index is 519. The van der Waals surface area contributed by atoms with E-state index in [-0.39, 0.29) is 18.7 Å². The summed E-state index contributed by atoms with van der Waals surface area (Å²) in [6, 6.07) is 10.5. The molecule has 0 amide bonds. The van der Waals surface area contributed by atoms with Crippen molar-refractivity contribution in [3.05, 3.63) is 35.9 Å². The van der Waals surface area contributed by atoms with E-state index in [9.17, 15) is 9.90 Å². The molecule has 2 aliphatic heterocycles. The predicted octanol–water partition coefficient (Wildman–Crippen LogP) is 3.10. The van der Waals surface area contributed by atoms with Gasteiger partial charge in [-0.1, -0.05) is 43.7 Å². The zero-order chi connectivity index (χ0) is 16.9. The van der Waals surface area contributed by atoms with Gasteiger partial charge in [-0.25, -0.2) is 0 Å². The average Bonchev–Trinajstić information content (AvgIpc) is 2.57. The molecule has 0 spiro atoms. The summed E-state index contributed by atoms with van der Waals surface area (Å²) in [5, 5.41) is 9.64. The largest absolute Gasteiger partial charge is 0.462 e. The standard InChI is InChI=1S/C20H29NO3/c1-2-11-21-16-9-6-10-17(21)13-18(12-16)24-20(23)19(14-22)15-7-4-3-5-8-15/h3-5,7-8,16-19,22H,2,6,9-14H2,1H3/t16-,17-,19?/m1/s1. The zero-order valence-electron chi connectivity index (χ0n) is 14.6. The fraction of sp³-hybridized carbons (Fsp3) is 0.650. The second kappa shape index (κ2) is 8.13. The summed E-state index contributed by atoms with van der Waals surface area (Å²) < 4.78 is 5.84. The quantitative estimate of drug-likeness (QED) is 0.814. The third kappa shape index (κ3) is 3.81. The van der Waals surface area contributed by atoms with Crippen LogP contribution in [0.25, 0.3) is 0 Å². The smallest absolute Gasteiger partial charge is 0.316 e. The van der Waals surface area contributed by atoms with Crippen LogP contribution < -0.4 is 0 Å². The lowest BCUT2D eigenvalue weighted by Gasteiger charge is -2.48. The van der Waals surface area contributed by atoms with Crippen LogP contribution in [0.5, 0.6) is 0 Å². The number of aliphatic hydroxyl groups is 1. The van der Waals surface area contributed by atoms with Gasteiger partial charge in [0, 0.05) is 24.9 Å². The fourth-order valence-electron chi connectivity index (χ4n) is 4.40. The number of carbonyl (C=O) groups is 1. The molecule has 2 fully saturated rings. The summed E-state index contributed by atoms with van der Waals surface area (Å²) in [5.74, 6) is -0.851. The van der Waals surface area contributed by atoms with Crippen molar-refractivity contribution >= 4 is 5.97 Å². The van der Waals surface area contributed by atoms with Crippen LogP contribution in [-0.2, 0) is 9.53 Å². The van der Waals surface area contributed by atoms with Gasteiger partial charge in [0.2, 0.25) is 0 Å². The van der Waals surface area contributed by atoms with E-state index >= 15 is 0 Å². The van der Waals surface area contributed by atoms with Crippen molar-refractivity contribution in [3.63, 3.8) is 0 Å². The van der Waals surface area contributed by atoms with Crippen LogP contribution in [0.1, 0.15) is 56.9 Å². The van der Waals surface area contributed by atoms with Gasteiger partial charge in [0.1, 0.15) is 12.0 Å². The van der Waals surface area contributed by atoms with E-state index in [4.69, 9.17) is 4.74 Å². The lowest BCUT2D eigenvalue weighted by molar-refractivity contribution is -0.158. The first kappa shape index (κ1) is 17.4. The van der Waals surface area contributed by atoms with E-state index in [1.54, 1.807) is 0 Å². The molecule has 132 valence electrons. The molecule has 0 aliphatic carbocycles. The number of fused-ring (bicyclic) bond motifs is 2. The molecule has 0 saturated carbocycles. The molecule has 4 heteroatoms. The predicted molar refractivity (Wildman–Crippen MR) is 93.8 cm³/mol. The summed E-state index contributed by atoms with van der Waals surface area (Å²) >= 11 is 0. The minimum absolute atomic E-state index is 0.00123. The molecule has 0 radical (unpaired) electrons. The molecule has 1 aromatic rings. The van der Waals surface area contributed by atoms with Crippen LogP contribution in [0.3, 0.4) is 0 Å². The van der Waals surface area contributed by atoms with E-state index in [1.807, 2.05) is 30.3 Å². The lowest BCUT2D eigenvalue weighted by atomic mass is 9.82. The Morgan fingerprint density at radius 2 is 1.92 bits per heavy atom. The first-order valence-electron chi connectivity index (χ1n) is 9.35. The maximum absolute atomic E-state index is 12.6. The highest BCUT2D eigenvalue weighted by molar-refractivity contribution is 5.78. The van der Waals surface area contributed by atoms with Crippen LogP contribution in [-0.4, -0.2) is 47.3 Å². The zero-order valence-corrected chi connectivity index (χ0v) is 14.6. The van der Waals surface area contributed by atoms with Gasteiger partial charge in [-0.05, 0) is 31.4 Å². The van der Waals surface area contributed by atoms with Crippen LogP contribution >= 0.6 is 0 Å². The van der Waals surface area contributed by atoms with Gasteiger partial charge in [0.05, 0.1) is 6.61 Å². The van der Waals surface area contributed by atoms with E-state index in [1.165, 1.54) is 25.7 Å². The van der Waals surface area contributed by atoms with Gasteiger partial charge >= 0.3 is 5.97 Å². The molecule has 0 aromatic heterocycles. The third-order valence-corrected chi connectivity index (χ3v) is 5.52. The van der Waals surface area contributed by atoms with Crippen molar-refractivity contribution in [1.82, 2.24) is 4.90 Å². The highest BCUT2D eigenvalue weighted by atomic mass is 16.5.